The number of benzene rings is 1. The second-order valence-electron chi connectivity index (χ2n) is 8.47. The Labute approximate surface area is 156 Å². The molecule has 26 heavy (non-hydrogen) atoms. The number of hydrogen-bond acceptors (Lipinski definition) is 3. The molecule has 0 aromatic heterocycles. The summed E-state index contributed by atoms with van der Waals surface area (Å²) in [5.41, 5.74) is 0. The molecule has 1 aromatic rings. The van der Waals surface area contributed by atoms with Gasteiger partial charge in [-0.25, -0.2) is 17.5 Å². The predicted octanol–water partition coefficient (Wildman–Crippen LogP) is 3.39. The molecule has 1 aliphatic heterocycles. The third-order valence-electron chi connectivity index (χ3n) is 6.55. The summed E-state index contributed by atoms with van der Waals surface area (Å²) < 4.78 is 41.0. The zero-order valence-corrected chi connectivity index (χ0v) is 16.1. The van der Waals surface area contributed by atoms with Gasteiger partial charge in [0.05, 0.1) is 4.90 Å². The molecule has 1 aromatic carbocycles. The number of hydrogen-bond donors (Lipinski definition) is 1. The van der Waals surface area contributed by atoms with Crippen molar-refractivity contribution in [1.82, 2.24) is 9.62 Å². The number of nitrogens with zero attached hydrogens (tertiary/aromatic N) is 1. The van der Waals surface area contributed by atoms with E-state index < -0.39 is 15.8 Å². The van der Waals surface area contributed by atoms with Gasteiger partial charge in [-0.05, 0) is 74.1 Å². The monoisotopic (exact) mass is 380 g/mol. The SMILES string of the molecule is O=S(=O)(N[C@@H]1CCC[C@@H](CN2C[C@H]3CCC[C@H]3C2)C1)c1ccc(F)cc1. The maximum absolute atomic E-state index is 13.0. The van der Waals surface area contributed by atoms with Crippen LogP contribution in [0.1, 0.15) is 44.9 Å². The van der Waals surface area contributed by atoms with Crippen LogP contribution in [0, 0.1) is 23.6 Å². The Morgan fingerprint density at radius 2 is 1.65 bits per heavy atom. The van der Waals surface area contributed by atoms with E-state index in [1.54, 1.807) is 0 Å². The molecule has 0 amide bonds. The van der Waals surface area contributed by atoms with Crippen LogP contribution in [0.4, 0.5) is 4.39 Å². The Morgan fingerprint density at radius 3 is 2.35 bits per heavy atom. The first kappa shape index (κ1) is 18.4. The number of likely N-dealkylation sites (tertiary alicyclic amines) is 1. The van der Waals surface area contributed by atoms with Crippen LogP contribution in [0.15, 0.2) is 29.2 Å². The largest absolute Gasteiger partial charge is 0.302 e. The topological polar surface area (TPSA) is 49.4 Å². The Bertz CT molecular complexity index is 710. The van der Waals surface area contributed by atoms with Crippen molar-refractivity contribution in [3.05, 3.63) is 30.1 Å². The average molecular weight is 381 g/mol. The molecule has 4 atom stereocenters. The predicted molar refractivity (Wildman–Crippen MR) is 99.7 cm³/mol. The lowest BCUT2D eigenvalue weighted by molar-refractivity contribution is 0.207. The van der Waals surface area contributed by atoms with Gasteiger partial charge in [0.25, 0.3) is 0 Å². The molecule has 1 heterocycles. The molecule has 0 radical (unpaired) electrons. The first-order chi connectivity index (χ1) is 12.5. The van der Waals surface area contributed by atoms with Crippen LogP contribution in [-0.2, 0) is 10.0 Å². The second-order valence-corrected chi connectivity index (χ2v) is 10.2. The standard InChI is InChI=1S/C20H29FN2O2S/c21-18-7-9-20(10-8-18)26(24,25)22-19-6-1-3-15(11-19)12-23-13-16-4-2-5-17(16)14-23/h7-10,15-17,19,22H,1-6,11-14H2/t15-,16-,17+,19-/m1/s1. The zero-order chi connectivity index (χ0) is 18.1. The molecule has 1 saturated heterocycles. The van der Waals surface area contributed by atoms with Crippen molar-refractivity contribution in [2.45, 2.75) is 55.9 Å². The van der Waals surface area contributed by atoms with Crippen LogP contribution >= 0.6 is 0 Å². The Kier molecular flexibility index (Phi) is 5.35. The quantitative estimate of drug-likeness (QED) is 0.852. The zero-order valence-electron chi connectivity index (χ0n) is 15.2. The van der Waals surface area contributed by atoms with E-state index >= 15 is 0 Å². The van der Waals surface area contributed by atoms with Crippen molar-refractivity contribution in [1.29, 1.82) is 0 Å². The van der Waals surface area contributed by atoms with Gasteiger partial charge in [0, 0.05) is 25.7 Å². The first-order valence-electron chi connectivity index (χ1n) is 10.00. The van der Waals surface area contributed by atoms with E-state index in [1.165, 1.54) is 63.0 Å². The highest BCUT2D eigenvalue weighted by Gasteiger charge is 2.37. The average Bonchev–Trinajstić information content (AvgIpc) is 3.16. The van der Waals surface area contributed by atoms with E-state index in [-0.39, 0.29) is 10.9 Å². The maximum atomic E-state index is 13.0. The highest BCUT2D eigenvalue weighted by molar-refractivity contribution is 7.89. The van der Waals surface area contributed by atoms with Crippen molar-refractivity contribution in [2.75, 3.05) is 19.6 Å². The van der Waals surface area contributed by atoms with E-state index in [1.807, 2.05) is 0 Å². The van der Waals surface area contributed by atoms with Crippen molar-refractivity contribution in [2.24, 2.45) is 17.8 Å². The van der Waals surface area contributed by atoms with Gasteiger partial charge in [0.15, 0.2) is 0 Å². The Morgan fingerprint density at radius 1 is 1.00 bits per heavy atom. The van der Waals surface area contributed by atoms with E-state index in [0.717, 1.165) is 37.6 Å². The second kappa shape index (κ2) is 7.56. The molecular formula is C20H29FN2O2S. The first-order valence-corrected chi connectivity index (χ1v) is 11.5. The molecule has 2 aliphatic carbocycles. The van der Waals surface area contributed by atoms with Crippen molar-refractivity contribution < 1.29 is 12.8 Å². The third-order valence-corrected chi connectivity index (χ3v) is 8.08. The number of nitrogens with one attached hydrogen (secondary N) is 1. The van der Waals surface area contributed by atoms with Gasteiger partial charge in [0.1, 0.15) is 5.82 Å². The van der Waals surface area contributed by atoms with Crippen LogP contribution in [0.25, 0.3) is 0 Å². The lowest BCUT2D eigenvalue weighted by Crippen LogP contribution is -2.41. The van der Waals surface area contributed by atoms with Crippen LogP contribution in [-0.4, -0.2) is 39.0 Å². The van der Waals surface area contributed by atoms with Gasteiger partial charge in [-0.3, -0.25) is 0 Å². The van der Waals surface area contributed by atoms with Crippen molar-refractivity contribution >= 4 is 10.0 Å². The van der Waals surface area contributed by atoms with E-state index in [2.05, 4.69) is 9.62 Å². The van der Waals surface area contributed by atoms with Crippen molar-refractivity contribution in [3.63, 3.8) is 0 Å². The van der Waals surface area contributed by atoms with Crippen molar-refractivity contribution in [3.8, 4) is 0 Å². The summed E-state index contributed by atoms with van der Waals surface area (Å²) in [4.78, 5) is 2.77. The van der Waals surface area contributed by atoms with Gasteiger partial charge >= 0.3 is 0 Å². The lowest BCUT2D eigenvalue weighted by atomic mass is 9.86. The third kappa shape index (κ3) is 4.12. The van der Waals surface area contributed by atoms with E-state index in [9.17, 15) is 12.8 Å². The minimum Gasteiger partial charge on any atom is -0.302 e. The number of fused-ring (bicyclic) bond motifs is 1. The Hall–Kier alpha value is -0.980. The molecule has 0 unspecified atom stereocenters. The highest BCUT2D eigenvalue weighted by atomic mass is 32.2. The van der Waals surface area contributed by atoms with E-state index in [0.29, 0.717) is 5.92 Å². The lowest BCUT2D eigenvalue weighted by Gasteiger charge is -2.32. The molecule has 1 N–H and O–H groups in total. The van der Waals surface area contributed by atoms with Crippen LogP contribution in [0.5, 0.6) is 0 Å². The van der Waals surface area contributed by atoms with Gasteiger partial charge in [0.2, 0.25) is 10.0 Å². The summed E-state index contributed by atoms with van der Waals surface area (Å²) in [6.07, 6.45) is 8.26. The molecule has 2 saturated carbocycles. The molecule has 144 valence electrons. The number of sulfonamides is 1. The fraction of sp³-hybridized carbons (Fsp3) is 0.700. The summed E-state index contributed by atoms with van der Waals surface area (Å²) in [6.45, 7) is 3.60. The molecule has 3 aliphatic rings. The van der Waals surface area contributed by atoms with E-state index in [4.69, 9.17) is 0 Å². The van der Waals surface area contributed by atoms with Crippen LogP contribution in [0.3, 0.4) is 0 Å². The molecule has 3 fully saturated rings. The van der Waals surface area contributed by atoms with Gasteiger partial charge in [-0.15, -0.1) is 0 Å². The highest BCUT2D eigenvalue weighted by Crippen LogP contribution is 2.38. The number of halogens is 1. The maximum Gasteiger partial charge on any atom is 0.240 e. The summed E-state index contributed by atoms with van der Waals surface area (Å²) >= 11 is 0. The Balaban J connectivity index is 1.32. The summed E-state index contributed by atoms with van der Waals surface area (Å²) in [5.74, 6) is 1.97. The van der Waals surface area contributed by atoms with Crippen LogP contribution in [0.2, 0.25) is 0 Å². The summed E-state index contributed by atoms with van der Waals surface area (Å²) in [6, 6.07) is 5.05. The molecular weight excluding hydrogens is 351 g/mol. The molecule has 6 heteroatoms. The fourth-order valence-corrected chi connectivity index (χ4v) is 6.59. The molecule has 4 nitrogen and oxygen atoms in total. The fourth-order valence-electron chi connectivity index (χ4n) is 5.31. The minimum atomic E-state index is -3.57. The molecule has 0 spiro atoms. The van der Waals surface area contributed by atoms with Gasteiger partial charge in [-0.1, -0.05) is 12.8 Å². The molecule has 4 rings (SSSR count). The van der Waals surface area contributed by atoms with Gasteiger partial charge in [-0.2, -0.15) is 0 Å². The number of rotatable bonds is 5. The normalized spacial score (nSPS) is 32.7. The molecule has 0 bridgehead atoms. The minimum absolute atomic E-state index is 0.00842. The smallest absolute Gasteiger partial charge is 0.240 e. The summed E-state index contributed by atoms with van der Waals surface area (Å²) in [7, 11) is -3.57. The van der Waals surface area contributed by atoms with Crippen LogP contribution < -0.4 is 4.72 Å². The van der Waals surface area contributed by atoms with Gasteiger partial charge < -0.3 is 4.90 Å². The summed E-state index contributed by atoms with van der Waals surface area (Å²) in [5, 5.41) is 0.